The quantitative estimate of drug-likeness (QED) is 0.568. The average Bonchev–Trinajstić information content (AvgIpc) is 2.39. The summed E-state index contributed by atoms with van der Waals surface area (Å²) in [7, 11) is 0. The highest BCUT2D eigenvalue weighted by Gasteiger charge is 2.07. The molecular formula is C14H21NO3. The molecule has 0 aliphatic rings. The monoisotopic (exact) mass is 251 g/mol. The summed E-state index contributed by atoms with van der Waals surface area (Å²) < 4.78 is 10.5. The Balaban J connectivity index is 2.38. The van der Waals surface area contributed by atoms with Gasteiger partial charge in [-0.3, -0.25) is 0 Å². The van der Waals surface area contributed by atoms with Crippen LogP contribution in [0.1, 0.15) is 30.6 Å². The van der Waals surface area contributed by atoms with Crippen molar-refractivity contribution < 1.29 is 14.3 Å². The molecule has 100 valence electrons. The lowest BCUT2D eigenvalue weighted by Gasteiger charge is -2.07. The van der Waals surface area contributed by atoms with Crippen molar-refractivity contribution in [1.29, 1.82) is 0 Å². The Morgan fingerprint density at radius 1 is 1.28 bits per heavy atom. The molecule has 0 bridgehead atoms. The van der Waals surface area contributed by atoms with Crippen LogP contribution in [0.25, 0.3) is 0 Å². The Bertz CT molecular complexity index is 366. The van der Waals surface area contributed by atoms with Crippen LogP contribution in [0.4, 0.5) is 0 Å². The maximum Gasteiger partial charge on any atom is 0.338 e. The Labute approximate surface area is 108 Å². The van der Waals surface area contributed by atoms with E-state index >= 15 is 0 Å². The molecule has 18 heavy (non-hydrogen) atoms. The van der Waals surface area contributed by atoms with Gasteiger partial charge in [-0.2, -0.15) is 0 Å². The molecule has 0 aliphatic carbocycles. The van der Waals surface area contributed by atoms with Crippen LogP contribution in [0.3, 0.4) is 0 Å². The third kappa shape index (κ3) is 5.19. The van der Waals surface area contributed by atoms with Crippen LogP contribution < -0.4 is 10.1 Å². The minimum atomic E-state index is -0.310. The summed E-state index contributed by atoms with van der Waals surface area (Å²) in [5.74, 6) is 0.380. The second kappa shape index (κ2) is 8.53. The molecule has 0 atom stereocenters. The maximum absolute atomic E-state index is 11.7. The zero-order valence-corrected chi connectivity index (χ0v) is 11.1. The average molecular weight is 251 g/mol. The molecule has 4 heteroatoms. The number of carbonyl (C=O) groups excluding carboxylic acids is 1. The summed E-state index contributed by atoms with van der Waals surface area (Å²) in [5.41, 5.74) is 0.524. The van der Waals surface area contributed by atoms with Crippen molar-refractivity contribution in [2.24, 2.45) is 0 Å². The lowest BCUT2D eigenvalue weighted by Crippen LogP contribution is -2.22. The fourth-order valence-corrected chi connectivity index (χ4v) is 1.48. The number of hydrogen-bond donors (Lipinski definition) is 1. The zero-order chi connectivity index (χ0) is 13.2. The molecule has 0 aliphatic heterocycles. The van der Waals surface area contributed by atoms with Gasteiger partial charge in [0.05, 0.1) is 12.2 Å². The second-order valence-corrected chi connectivity index (χ2v) is 3.85. The van der Waals surface area contributed by atoms with E-state index in [1.165, 1.54) is 0 Å². The molecule has 0 radical (unpaired) electrons. The van der Waals surface area contributed by atoms with Crippen LogP contribution in [0.15, 0.2) is 24.3 Å². The standard InChI is InChI=1S/C14H21NO3/c1-3-8-15-9-10-18-14(16)12-6-5-7-13(11-12)17-4-2/h5-7,11,15H,3-4,8-10H2,1-2H3. The lowest BCUT2D eigenvalue weighted by atomic mass is 10.2. The van der Waals surface area contributed by atoms with Crippen molar-refractivity contribution in [3.8, 4) is 5.75 Å². The SMILES string of the molecule is CCCNCCOC(=O)c1cccc(OCC)c1. The van der Waals surface area contributed by atoms with Gasteiger partial charge in [0.25, 0.3) is 0 Å². The van der Waals surface area contributed by atoms with Gasteiger partial charge in [0, 0.05) is 6.54 Å². The molecule has 0 aromatic heterocycles. The Morgan fingerprint density at radius 2 is 2.11 bits per heavy atom. The number of esters is 1. The van der Waals surface area contributed by atoms with E-state index in [0.29, 0.717) is 31.1 Å². The highest BCUT2D eigenvalue weighted by atomic mass is 16.5. The molecule has 0 unspecified atom stereocenters. The van der Waals surface area contributed by atoms with E-state index < -0.39 is 0 Å². The second-order valence-electron chi connectivity index (χ2n) is 3.85. The van der Waals surface area contributed by atoms with Gasteiger partial charge in [-0.15, -0.1) is 0 Å². The molecule has 0 amide bonds. The van der Waals surface area contributed by atoms with Gasteiger partial charge in [-0.1, -0.05) is 13.0 Å². The summed E-state index contributed by atoms with van der Waals surface area (Å²) in [5, 5.41) is 3.17. The first kappa shape index (κ1) is 14.5. The fourth-order valence-electron chi connectivity index (χ4n) is 1.48. The Kier molecular flexibility index (Phi) is 6.87. The van der Waals surface area contributed by atoms with E-state index in [1.807, 2.05) is 13.0 Å². The number of ether oxygens (including phenoxy) is 2. The topological polar surface area (TPSA) is 47.6 Å². The third-order valence-corrected chi connectivity index (χ3v) is 2.32. The number of rotatable bonds is 8. The van der Waals surface area contributed by atoms with Crippen molar-refractivity contribution in [1.82, 2.24) is 5.32 Å². The van der Waals surface area contributed by atoms with E-state index in [9.17, 15) is 4.79 Å². The highest BCUT2D eigenvalue weighted by Crippen LogP contribution is 2.13. The molecule has 1 N–H and O–H groups in total. The van der Waals surface area contributed by atoms with Gasteiger partial charge in [0.2, 0.25) is 0 Å². The van der Waals surface area contributed by atoms with Crippen LogP contribution >= 0.6 is 0 Å². The van der Waals surface area contributed by atoms with Crippen LogP contribution in [0.5, 0.6) is 5.75 Å². The fraction of sp³-hybridized carbons (Fsp3) is 0.500. The molecule has 4 nitrogen and oxygen atoms in total. The van der Waals surface area contributed by atoms with Crippen molar-refractivity contribution in [2.45, 2.75) is 20.3 Å². The van der Waals surface area contributed by atoms with E-state index in [1.54, 1.807) is 18.2 Å². The number of benzene rings is 1. The van der Waals surface area contributed by atoms with Crippen LogP contribution in [-0.2, 0) is 4.74 Å². The minimum Gasteiger partial charge on any atom is -0.494 e. The van der Waals surface area contributed by atoms with E-state index in [0.717, 1.165) is 13.0 Å². The van der Waals surface area contributed by atoms with E-state index in [4.69, 9.17) is 9.47 Å². The van der Waals surface area contributed by atoms with Crippen LogP contribution in [0, 0.1) is 0 Å². The third-order valence-electron chi connectivity index (χ3n) is 2.32. The summed E-state index contributed by atoms with van der Waals surface area (Å²) in [6, 6.07) is 7.04. The lowest BCUT2D eigenvalue weighted by molar-refractivity contribution is 0.0508. The Morgan fingerprint density at radius 3 is 2.83 bits per heavy atom. The summed E-state index contributed by atoms with van der Waals surface area (Å²) >= 11 is 0. The van der Waals surface area contributed by atoms with Crippen molar-refractivity contribution >= 4 is 5.97 Å². The molecule has 0 saturated carbocycles. The number of carbonyl (C=O) groups is 1. The molecule has 1 aromatic rings. The normalized spacial score (nSPS) is 10.1. The predicted molar refractivity (Wildman–Crippen MR) is 71.1 cm³/mol. The molecule has 1 rings (SSSR count). The first-order valence-corrected chi connectivity index (χ1v) is 6.38. The Hall–Kier alpha value is -1.55. The molecule has 0 fully saturated rings. The van der Waals surface area contributed by atoms with Gasteiger partial charge in [0.1, 0.15) is 12.4 Å². The molecule has 0 heterocycles. The molecule has 0 saturated heterocycles. The first-order valence-electron chi connectivity index (χ1n) is 6.38. The van der Waals surface area contributed by atoms with Gasteiger partial charge >= 0.3 is 5.97 Å². The highest BCUT2D eigenvalue weighted by molar-refractivity contribution is 5.89. The summed E-state index contributed by atoms with van der Waals surface area (Å²) in [6.07, 6.45) is 1.07. The van der Waals surface area contributed by atoms with E-state index in [2.05, 4.69) is 12.2 Å². The van der Waals surface area contributed by atoms with Crippen LogP contribution in [-0.4, -0.2) is 32.3 Å². The van der Waals surface area contributed by atoms with Crippen molar-refractivity contribution in [3.63, 3.8) is 0 Å². The van der Waals surface area contributed by atoms with Crippen molar-refractivity contribution in [3.05, 3.63) is 29.8 Å². The molecular weight excluding hydrogens is 230 g/mol. The number of hydrogen-bond acceptors (Lipinski definition) is 4. The maximum atomic E-state index is 11.7. The van der Waals surface area contributed by atoms with Gasteiger partial charge in [-0.05, 0) is 38.1 Å². The van der Waals surface area contributed by atoms with Gasteiger partial charge < -0.3 is 14.8 Å². The van der Waals surface area contributed by atoms with Gasteiger partial charge in [0.15, 0.2) is 0 Å². The van der Waals surface area contributed by atoms with Gasteiger partial charge in [-0.25, -0.2) is 4.79 Å². The molecule has 0 spiro atoms. The number of nitrogens with one attached hydrogen (secondary N) is 1. The predicted octanol–water partition coefficient (Wildman–Crippen LogP) is 2.24. The molecule has 1 aromatic carbocycles. The first-order chi connectivity index (χ1) is 8.77. The smallest absolute Gasteiger partial charge is 0.338 e. The van der Waals surface area contributed by atoms with E-state index in [-0.39, 0.29) is 5.97 Å². The van der Waals surface area contributed by atoms with Crippen LogP contribution in [0.2, 0.25) is 0 Å². The summed E-state index contributed by atoms with van der Waals surface area (Å²) in [6.45, 7) is 6.60. The zero-order valence-electron chi connectivity index (χ0n) is 11.1. The van der Waals surface area contributed by atoms with Crippen molar-refractivity contribution in [2.75, 3.05) is 26.3 Å². The summed E-state index contributed by atoms with van der Waals surface area (Å²) in [4.78, 5) is 11.7. The minimum absolute atomic E-state index is 0.310. The largest absolute Gasteiger partial charge is 0.494 e.